The van der Waals surface area contributed by atoms with Crippen LogP contribution in [0.25, 0.3) is 11.0 Å². The molecule has 2 amide bonds. The van der Waals surface area contributed by atoms with Crippen LogP contribution in [0.1, 0.15) is 58.4 Å². The van der Waals surface area contributed by atoms with E-state index in [0.29, 0.717) is 39.8 Å². The van der Waals surface area contributed by atoms with Crippen LogP contribution in [0.5, 0.6) is 0 Å². The standard InChI is InChI=1S/C32H28Cl2FN5O2/c1-36-30(41)17-7-10-24-23(13-17)37-29-26-25(11-12-39(24)29)40(15-16-5-6-16)32(27(26)19-3-2-4-21(34)28(19)35)20-9-8-18(33)14-22(20)38-31(32)42/h2-4,7-10,13-14,16,25-27H,5-6,11-12,15H2,1H3,(H,36,41)(H,38,42)/t25-,26+,27-,32+/m0/s1. The van der Waals surface area contributed by atoms with E-state index in [1.165, 1.54) is 0 Å². The normalized spacial score (nSPS) is 26.3. The summed E-state index contributed by atoms with van der Waals surface area (Å²) < 4.78 is 18.4. The first kappa shape index (κ1) is 26.2. The number of hydrogen-bond donors (Lipinski definition) is 2. The van der Waals surface area contributed by atoms with Crippen LogP contribution < -0.4 is 10.6 Å². The number of likely N-dealkylation sites (tertiary alicyclic amines) is 1. The highest BCUT2D eigenvalue weighted by molar-refractivity contribution is 6.31. The number of hydrogen-bond acceptors (Lipinski definition) is 4. The number of carbonyl (C=O) groups is 2. The Bertz CT molecular complexity index is 1820. The minimum absolute atomic E-state index is 0.0223. The fourth-order valence-electron chi connectivity index (χ4n) is 7.88. The van der Waals surface area contributed by atoms with Gasteiger partial charge in [0.2, 0.25) is 5.91 Å². The van der Waals surface area contributed by atoms with Crippen LogP contribution in [0.4, 0.5) is 10.1 Å². The minimum atomic E-state index is -1.18. The number of benzene rings is 3. The van der Waals surface area contributed by atoms with Crippen molar-refractivity contribution in [1.82, 2.24) is 19.8 Å². The van der Waals surface area contributed by atoms with Crippen molar-refractivity contribution in [3.8, 4) is 0 Å². The second kappa shape index (κ2) is 9.27. The Hall–Kier alpha value is -3.46. The van der Waals surface area contributed by atoms with Crippen LogP contribution in [0.15, 0.2) is 54.6 Å². The quantitative estimate of drug-likeness (QED) is 0.297. The maximum absolute atomic E-state index is 16.2. The second-order valence-electron chi connectivity index (χ2n) is 11.9. The van der Waals surface area contributed by atoms with Crippen molar-refractivity contribution in [1.29, 1.82) is 0 Å². The lowest BCUT2D eigenvalue weighted by atomic mass is 9.70. The fraction of sp³-hybridized carbons (Fsp3) is 0.344. The van der Waals surface area contributed by atoms with Gasteiger partial charge >= 0.3 is 0 Å². The average molecular weight is 605 g/mol. The van der Waals surface area contributed by atoms with E-state index in [1.54, 1.807) is 49.5 Å². The zero-order chi connectivity index (χ0) is 28.9. The Morgan fingerprint density at radius 1 is 1.14 bits per heavy atom. The Kier molecular flexibility index (Phi) is 5.78. The summed E-state index contributed by atoms with van der Waals surface area (Å²) in [5.41, 5.74) is 2.83. The number of nitrogens with one attached hydrogen (secondary N) is 2. The van der Waals surface area contributed by atoms with Gasteiger partial charge in [0.25, 0.3) is 5.91 Å². The summed E-state index contributed by atoms with van der Waals surface area (Å²) in [6, 6.07) is 16.0. The van der Waals surface area contributed by atoms with E-state index < -0.39 is 17.3 Å². The van der Waals surface area contributed by atoms with Gasteiger partial charge in [0.15, 0.2) is 0 Å². The lowest BCUT2D eigenvalue weighted by Crippen LogP contribution is -2.53. The summed E-state index contributed by atoms with van der Waals surface area (Å²) in [7, 11) is 1.60. The molecule has 4 aliphatic rings. The average Bonchev–Trinajstić information content (AvgIpc) is 3.57. The third-order valence-corrected chi connectivity index (χ3v) is 10.3. The maximum atomic E-state index is 16.2. The van der Waals surface area contributed by atoms with Crippen LogP contribution in [0.3, 0.4) is 0 Å². The van der Waals surface area contributed by atoms with Gasteiger partial charge in [-0.25, -0.2) is 9.37 Å². The van der Waals surface area contributed by atoms with Crippen molar-refractivity contribution in [2.24, 2.45) is 5.92 Å². The highest BCUT2D eigenvalue weighted by Crippen LogP contribution is 2.64. The molecule has 1 spiro atoms. The molecule has 10 heteroatoms. The predicted octanol–water partition coefficient (Wildman–Crippen LogP) is 6.05. The Morgan fingerprint density at radius 2 is 1.98 bits per heavy atom. The first-order valence-electron chi connectivity index (χ1n) is 14.4. The smallest absolute Gasteiger partial charge is 0.251 e. The summed E-state index contributed by atoms with van der Waals surface area (Å²) in [4.78, 5) is 34.4. The molecular weight excluding hydrogens is 576 g/mol. The van der Waals surface area contributed by atoms with Gasteiger partial charge in [-0.1, -0.05) is 41.4 Å². The molecule has 7 nitrogen and oxygen atoms in total. The molecule has 0 unspecified atom stereocenters. The lowest BCUT2D eigenvalue weighted by Gasteiger charge is -2.40. The van der Waals surface area contributed by atoms with Gasteiger partial charge in [-0.2, -0.15) is 0 Å². The SMILES string of the molecule is CNC(=O)c1ccc2c(c1)nc1n2CC[C@H]2[C@@H]1[C@H](c1cccc(Cl)c1F)[C@]1(C(=O)Nc3cc(Cl)ccc31)N2CC1CC1. The molecule has 2 N–H and O–H groups in total. The molecule has 1 saturated heterocycles. The molecule has 42 heavy (non-hydrogen) atoms. The minimum Gasteiger partial charge on any atom is -0.355 e. The van der Waals surface area contributed by atoms with Gasteiger partial charge in [0.05, 0.1) is 16.1 Å². The van der Waals surface area contributed by atoms with Crippen molar-refractivity contribution in [2.45, 2.75) is 49.2 Å². The molecule has 4 aromatic rings. The van der Waals surface area contributed by atoms with Crippen molar-refractivity contribution < 1.29 is 14.0 Å². The Morgan fingerprint density at radius 3 is 2.76 bits per heavy atom. The highest BCUT2D eigenvalue weighted by Gasteiger charge is 2.69. The number of nitrogens with zero attached hydrogens (tertiary/aromatic N) is 3. The van der Waals surface area contributed by atoms with Crippen molar-refractivity contribution in [3.05, 3.63) is 93.0 Å². The van der Waals surface area contributed by atoms with Gasteiger partial charge in [-0.3, -0.25) is 14.5 Å². The molecule has 1 aromatic heterocycles. The van der Waals surface area contributed by atoms with E-state index >= 15 is 4.39 Å². The number of carbonyl (C=O) groups excluding carboxylic acids is 2. The van der Waals surface area contributed by atoms with Crippen molar-refractivity contribution in [3.63, 3.8) is 0 Å². The molecule has 1 aliphatic carbocycles. The van der Waals surface area contributed by atoms with E-state index in [0.717, 1.165) is 42.7 Å². The first-order valence-corrected chi connectivity index (χ1v) is 15.1. The first-order chi connectivity index (χ1) is 20.3. The lowest BCUT2D eigenvalue weighted by molar-refractivity contribution is -0.128. The van der Waals surface area contributed by atoms with Crippen LogP contribution in [0, 0.1) is 11.7 Å². The van der Waals surface area contributed by atoms with Gasteiger partial charge in [0.1, 0.15) is 17.2 Å². The van der Waals surface area contributed by atoms with Crippen LogP contribution in [0.2, 0.25) is 10.0 Å². The molecule has 214 valence electrons. The topological polar surface area (TPSA) is 79.3 Å². The monoisotopic (exact) mass is 603 g/mol. The number of imidazole rings is 1. The van der Waals surface area contributed by atoms with Crippen molar-refractivity contribution in [2.75, 3.05) is 18.9 Å². The zero-order valence-electron chi connectivity index (χ0n) is 22.8. The molecule has 0 radical (unpaired) electrons. The molecule has 1 saturated carbocycles. The molecule has 8 rings (SSSR count). The summed E-state index contributed by atoms with van der Waals surface area (Å²) in [6.07, 6.45) is 2.98. The molecule has 4 atom stereocenters. The summed E-state index contributed by atoms with van der Waals surface area (Å²) in [5.74, 6) is -0.527. The van der Waals surface area contributed by atoms with Gasteiger partial charge in [-0.05, 0) is 67.1 Å². The molecule has 0 bridgehead atoms. The third-order valence-electron chi connectivity index (χ3n) is 9.75. The summed E-state index contributed by atoms with van der Waals surface area (Å²) in [5, 5.41) is 6.35. The predicted molar refractivity (Wildman–Crippen MR) is 160 cm³/mol. The summed E-state index contributed by atoms with van der Waals surface area (Å²) in [6.45, 7) is 1.43. The van der Waals surface area contributed by atoms with Crippen LogP contribution in [-0.4, -0.2) is 45.9 Å². The number of aromatic nitrogens is 2. The van der Waals surface area contributed by atoms with Crippen LogP contribution >= 0.6 is 23.2 Å². The molecule has 2 fully saturated rings. The number of amides is 2. The number of aryl methyl sites for hydroxylation is 1. The van der Waals surface area contributed by atoms with E-state index in [2.05, 4.69) is 20.1 Å². The largest absolute Gasteiger partial charge is 0.355 e. The third kappa shape index (κ3) is 3.52. The van der Waals surface area contributed by atoms with Gasteiger partial charge < -0.3 is 15.2 Å². The number of anilines is 1. The number of rotatable bonds is 4. The van der Waals surface area contributed by atoms with Crippen molar-refractivity contribution >= 4 is 51.7 Å². The van der Waals surface area contributed by atoms with E-state index in [1.807, 2.05) is 12.1 Å². The second-order valence-corrected chi connectivity index (χ2v) is 12.8. The summed E-state index contributed by atoms with van der Waals surface area (Å²) >= 11 is 12.8. The molecular formula is C32H28Cl2FN5O2. The fourth-order valence-corrected chi connectivity index (χ4v) is 8.23. The van der Waals surface area contributed by atoms with E-state index in [-0.39, 0.29) is 28.8 Å². The zero-order valence-corrected chi connectivity index (χ0v) is 24.3. The number of halogens is 3. The number of fused-ring (bicyclic) bond motifs is 7. The molecule has 3 aliphatic heterocycles. The Balaban J connectivity index is 1.42. The van der Waals surface area contributed by atoms with E-state index in [9.17, 15) is 9.59 Å². The van der Waals surface area contributed by atoms with E-state index in [4.69, 9.17) is 28.2 Å². The Labute approximate surface area is 252 Å². The maximum Gasteiger partial charge on any atom is 0.251 e. The van der Waals surface area contributed by atoms with Crippen LogP contribution in [-0.2, 0) is 16.9 Å². The van der Waals surface area contributed by atoms with Gasteiger partial charge in [0, 0.05) is 59.9 Å². The molecule has 4 heterocycles. The van der Waals surface area contributed by atoms with Gasteiger partial charge in [-0.15, -0.1) is 0 Å². The highest BCUT2D eigenvalue weighted by atomic mass is 35.5. The molecule has 3 aromatic carbocycles.